The average molecular weight is 252 g/mol. The van der Waals surface area contributed by atoms with E-state index in [9.17, 15) is 9.59 Å². The summed E-state index contributed by atoms with van der Waals surface area (Å²) in [5, 5.41) is 5.77. The van der Waals surface area contributed by atoms with Gasteiger partial charge in [0.1, 0.15) is 0 Å². The summed E-state index contributed by atoms with van der Waals surface area (Å²) in [6, 6.07) is 0.320. The molecule has 18 heavy (non-hydrogen) atoms. The predicted octanol–water partition coefficient (Wildman–Crippen LogP) is 1.74. The Morgan fingerprint density at radius 2 is 1.56 bits per heavy atom. The van der Waals surface area contributed by atoms with Crippen molar-refractivity contribution >= 4 is 11.8 Å². The molecule has 0 saturated heterocycles. The molecular weight excluding hydrogens is 228 g/mol. The molecule has 4 nitrogen and oxygen atoms in total. The molecule has 2 amide bonds. The van der Waals surface area contributed by atoms with E-state index in [4.69, 9.17) is 0 Å². The highest BCUT2D eigenvalue weighted by Gasteiger charge is 2.25. The second kappa shape index (κ2) is 6.76. The Labute approximate surface area is 109 Å². The van der Waals surface area contributed by atoms with Crippen LogP contribution in [0.1, 0.15) is 57.8 Å². The lowest BCUT2D eigenvalue weighted by Crippen LogP contribution is -2.44. The largest absolute Gasteiger partial charge is 0.352 e. The van der Waals surface area contributed by atoms with E-state index in [0.717, 1.165) is 32.1 Å². The SMILES string of the molecule is O=C(CNC(=O)C1CCC1)NC1CCCCCC1. The molecule has 2 fully saturated rings. The molecule has 0 unspecified atom stereocenters. The number of nitrogens with one attached hydrogen (secondary N) is 2. The van der Waals surface area contributed by atoms with Crippen molar-refractivity contribution in [3.63, 3.8) is 0 Å². The van der Waals surface area contributed by atoms with Gasteiger partial charge in [0.25, 0.3) is 0 Å². The van der Waals surface area contributed by atoms with Gasteiger partial charge in [0, 0.05) is 12.0 Å². The maximum atomic E-state index is 11.7. The maximum absolute atomic E-state index is 11.7. The molecular formula is C14H24N2O2. The minimum atomic E-state index is -0.0328. The van der Waals surface area contributed by atoms with Crippen LogP contribution in [-0.2, 0) is 9.59 Å². The Morgan fingerprint density at radius 3 is 2.11 bits per heavy atom. The third kappa shape index (κ3) is 4.00. The molecule has 0 atom stereocenters. The first-order valence-corrected chi connectivity index (χ1v) is 7.33. The molecule has 0 spiro atoms. The van der Waals surface area contributed by atoms with Crippen LogP contribution in [0.2, 0.25) is 0 Å². The first-order chi connectivity index (χ1) is 8.75. The highest BCUT2D eigenvalue weighted by atomic mass is 16.2. The van der Waals surface area contributed by atoms with Gasteiger partial charge >= 0.3 is 0 Å². The van der Waals surface area contributed by atoms with E-state index in [-0.39, 0.29) is 24.3 Å². The van der Waals surface area contributed by atoms with E-state index >= 15 is 0 Å². The first kappa shape index (κ1) is 13.4. The van der Waals surface area contributed by atoms with E-state index in [1.807, 2.05) is 0 Å². The van der Waals surface area contributed by atoms with Crippen LogP contribution in [0.25, 0.3) is 0 Å². The Balaban J connectivity index is 1.63. The number of hydrogen-bond donors (Lipinski definition) is 2. The fraction of sp³-hybridized carbons (Fsp3) is 0.857. The molecule has 4 heteroatoms. The highest BCUT2D eigenvalue weighted by Crippen LogP contribution is 2.26. The highest BCUT2D eigenvalue weighted by molar-refractivity contribution is 5.86. The zero-order valence-corrected chi connectivity index (χ0v) is 11.0. The van der Waals surface area contributed by atoms with Crippen LogP contribution in [0.15, 0.2) is 0 Å². The molecule has 2 saturated carbocycles. The van der Waals surface area contributed by atoms with E-state index in [1.54, 1.807) is 0 Å². The molecule has 2 rings (SSSR count). The van der Waals surface area contributed by atoms with Crippen molar-refractivity contribution in [3.05, 3.63) is 0 Å². The van der Waals surface area contributed by atoms with Gasteiger partial charge in [-0.15, -0.1) is 0 Å². The number of amides is 2. The van der Waals surface area contributed by atoms with Gasteiger partial charge in [-0.1, -0.05) is 32.1 Å². The van der Waals surface area contributed by atoms with Gasteiger partial charge < -0.3 is 10.6 Å². The minimum absolute atomic E-state index is 0.0328. The number of rotatable bonds is 4. The van der Waals surface area contributed by atoms with Crippen LogP contribution in [0.5, 0.6) is 0 Å². The molecule has 2 aliphatic carbocycles. The monoisotopic (exact) mass is 252 g/mol. The molecule has 0 radical (unpaired) electrons. The summed E-state index contributed by atoms with van der Waals surface area (Å²) in [5.74, 6) is 0.183. The van der Waals surface area contributed by atoms with Gasteiger partial charge in [0.15, 0.2) is 0 Å². The Bertz CT molecular complexity index is 292. The van der Waals surface area contributed by atoms with Crippen molar-refractivity contribution in [2.45, 2.75) is 63.8 Å². The van der Waals surface area contributed by atoms with Crippen molar-refractivity contribution in [1.29, 1.82) is 0 Å². The molecule has 0 heterocycles. The van der Waals surface area contributed by atoms with E-state index in [1.165, 1.54) is 25.7 Å². The number of carbonyl (C=O) groups excluding carboxylic acids is 2. The molecule has 0 aliphatic heterocycles. The van der Waals surface area contributed by atoms with Crippen molar-refractivity contribution < 1.29 is 9.59 Å². The summed E-state index contributed by atoms with van der Waals surface area (Å²) in [6.45, 7) is 0.145. The third-order valence-corrected chi connectivity index (χ3v) is 4.12. The van der Waals surface area contributed by atoms with Crippen LogP contribution in [-0.4, -0.2) is 24.4 Å². The van der Waals surface area contributed by atoms with Gasteiger partial charge in [0.05, 0.1) is 6.54 Å². The Kier molecular flexibility index (Phi) is 5.02. The van der Waals surface area contributed by atoms with Crippen molar-refractivity contribution in [2.75, 3.05) is 6.54 Å². The molecule has 0 aromatic heterocycles. The molecule has 0 aromatic rings. The van der Waals surface area contributed by atoms with Gasteiger partial charge in [0.2, 0.25) is 11.8 Å². The standard InChI is InChI=1S/C14H24N2O2/c17-13(10-15-14(18)11-6-5-7-11)16-12-8-3-1-2-4-9-12/h11-12H,1-10H2,(H,15,18)(H,16,17). The van der Waals surface area contributed by atoms with Crippen LogP contribution in [0.3, 0.4) is 0 Å². The predicted molar refractivity (Wildman–Crippen MR) is 70.0 cm³/mol. The second-order valence-corrected chi connectivity index (χ2v) is 5.60. The molecule has 2 N–H and O–H groups in total. The topological polar surface area (TPSA) is 58.2 Å². The summed E-state index contributed by atoms with van der Waals surface area (Å²) in [6.07, 6.45) is 10.3. The van der Waals surface area contributed by atoms with Crippen molar-refractivity contribution in [2.24, 2.45) is 5.92 Å². The lowest BCUT2D eigenvalue weighted by atomic mass is 9.85. The molecule has 102 valence electrons. The Hall–Kier alpha value is -1.06. The summed E-state index contributed by atoms with van der Waals surface area (Å²) in [7, 11) is 0. The second-order valence-electron chi connectivity index (χ2n) is 5.60. The zero-order valence-electron chi connectivity index (χ0n) is 11.0. The summed E-state index contributed by atoms with van der Waals surface area (Å²) in [4.78, 5) is 23.3. The van der Waals surface area contributed by atoms with E-state index in [2.05, 4.69) is 10.6 Å². The Morgan fingerprint density at radius 1 is 0.889 bits per heavy atom. The van der Waals surface area contributed by atoms with Crippen LogP contribution in [0, 0.1) is 5.92 Å². The summed E-state index contributed by atoms with van der Waals surface area (Å²) in [5.41, 5.74) is 0. The summed E-state index contributed by atoms with van der Waals surface area (Å²) >= 11 is 0. The molecule has 0 bridgehead atoms. The van der Waals surface area contributed by atoms with Gasteiger partial charge in [-0.05, 0) is 25.7 Å². The van der Waals surface area contributed by atoms with E-state index < -0.39 is 0 Å². The lowest BCUT2D eigenvalue weighted by molar-refractivity contribution is -0.130. The van der Waals surface area contributed by atoms with Crippen LogP contribution < -0.4 is 10.6 Å². The van der Waals surface area contributed by atoms with Gasteiger partial charge in [-0.2, -0.15) is 0 Å². The van der Waals surface area contributed by atoms with Crippen molar-refractivity contribution in [3.8, 4) is 0 Å². The van der Waals surface area contributed by atoms with Gasteiger partial charge in [-0.3, -0.25) is 9.59 Å². The third-order valence-electron chi connectivity index (χ3n) is 4.12. The zero-order chi connectivity index (χ0) is 12.8. The average Bonchev–Trinajstić information content (AvgIpc) is 2.52. The molecule has 2 aliphatic rings. The fourth-order valence-electron chi connectivity index (χ4n) is 2.68. The summed E-state index contributed by atoms with van der Waals surface area (Å²) < 4.78 is 0. The molecule has 0 aromatic carbocycles. The normalized spacial score (nSPS) is 21.8. The maximum Gasteiger partial charge on any atom is 0.239 e. The lowest BCUT2D eigenvalue weighted by Gasteiger charge is -2.24. The smallest absolute Gasteiger partial charge is 0.239 e. The number of carbonyl (C=O) groups is 2. The minimum Gasteiger partial charge on any atom is -0.352 e. The number of hydrogen-bond acceptors (Lipinski definition) is 2. The van der Waals surface area contributed by atoms with Crippen molar-refractivity contribution in [1.82, 2.24) is 10.6 Å². The van der Waals surface area contributed by atoms with E-state index in [0.29, 0.717) is 6.04 Å². The fourth-order valence-corrected chi connectivity index (χ4v) is 2.68. The quantitative estimate of drug-likeness (QED) is 0.749. The van der Waals surface area contributed by atoms with Crippen LogP contribution >= 0.6 is 0 Å². The first-order valence-electron chi connectivity index (χ1n) is 7.33. The van der Waals surface area contributed by atoms with Gasteiger partial charge in [-0.25, -0.2) is 0 Å². The van der Waals surface area contributed by atoms with Crippen LogP contribution in [0.4, 0.5) is 0 Å².